The zero-order chi connectivity index (χ0) is 16.4. The molecule has 116 valence electrons. The highest BCUT2D eigenvalue weighted by Gasteiger charge is 2.18. The molecule has 0 aliphatic carbocycles. The van der Waals surface area contributed by atoms with Crippen LogP contribution in [0.1, 0.15) is 44.9 Å². The van der Waals surface area contributed by atoms with Crippen LogP contribution < -0.4 is 0 Å². The molecule has 1 unspecified atom stereocenters. The van der Waals surface area contributed by atoms with Crippen molar-refractivity contribution in [3.05, 3.63) is 106 Å². The Morgan fingerprint density at radius 2 is 1.30 bits per heavy atom. The molecule has 3 aromatic rings. The Hall–Kier alpha value is -2.34. The maximum Gasteiger partial charge on any atom is 0.0342 e. The Balaban J connectivity index is 2.20. The van der Waals surface area contributed by atoms with Gasteiger partial charge in [-0.05, 0) is 61.1 Å². The molecule has 0 aliphatic heterocycles. The van der Waals surface area contributed by atoms with Crippen LogP contribution in [-0.2, 0) is 0 Å². The second kappa shape index (κ2) is 6.42. The molecule has 0 radical (unpaired) electrons. The van der Waals surface area contributed by atoms with Crippen molar-refractivity contribution in [2.45, 2.75) is 33.6 Å². The first-order valence-corrected chi connectivity index (χ1v) is 8.25. The summed E-state index contributed by atoms with van der Waals surface area (Å²) in [5, 5.41) is 0. The Bertz CT molecular complexity index is 813. The number of aryl methyl sites for hydroxylation is 4. The second-order valence-electron chi connectivity index (χ2n) is 6.55. The summed E-state index contributed by atoms with van der Waals surface area (Å²) in [5.41, 5.74) is 9.49. The van der Waals surface area contributed by atoms with E-state index in [-0.39, 0.29) is 5.92 Å². The van der Waals surface area contributed by atoms with Gasteiger partial charge >= 0.3 is 0 Å². The summed E-state index contributed by atoms with van der Waals surface area (Å²) in [5.74, 6) is 0.288. The molecule has 0 aromatic heterocycles. The lowest BCUT2D eigenvalue weighted by Crippen LogP contribution is -2.06. The van der Waals surface area contributed by atoms with Gasteiger partial charge in [-0.15, -0.1) is 0 Å². The molecule has 0 heterocycles. The van der Waals surface area contributed by atoms with Gasteiger partial charge in [0.1, 0.15) is 0 Å². The van der Waals surface area contributed by atoms with Gasteiger partial charge in [-0.3, -0.25) is 0 Å². The summed E-state index contributed by atoms with van der Waals surface area (Å²) < 4.78 is 0. The van der Waals surface area contributed by atoms with Crippen molar-refractivity contribution in [1.82, 2.24) is 0 Å². The van der Waals surface area contributed by atoms with Crippen LogP contribution in [0.3, 0.4) is 0 Å². The van der Waals surface area contributed by atoms with E-state index >= 15 is 0 Å². The molecule has 0 fully saturated rings. The van der Waals surface area contributed by atoms with Gasteiger partial charge in [0.15, 0.2) is 0 Å². The maximum absolute atomic E-state index is 2.34. The normalized spacial score (nSPS) is 12.2. The number of benzene rings is 3. The molecule has 1 atom stereocenters. The molecule has 0 aliphatic rings. The monoisotopic (exact) mass is 300 g/mol. The molecular weight excluding hydrogens is 276 g/mol. The number of hydrogen-bond donors (Lipinski definition) is 0. The Labute approximate surface area is 139 Å². The van der Waals surface area contributed by atoms with Gasteiger partial charge in [0.05, 0.1) is 0 Å². The summed E-state index contributed by atoms with van der Waals surface area (Å²) in [6, 6.07) is 24.5. The van der Waals surface area contributed by atoms with Crippen LogP contribution in [0.5, 0.6) is 0 Å². The van der Waals surface area contributed by atoms with E-state index in [1.807, 2.05) is 0 Å². The fourth-order valence-electron chi connectivity index (χ4n) is 3.29. The molecule has 3 aromatic carbocycles. The van der Waals surface area contributed by atoms with Crippen LogP contribution in [0.2, 0.25) is 0 Å². The molecule has 0 heteroatoms. The first-order chi connectivity index (χ1) is 11.1. The average molecular weight is 300 g/mol. The maximum atomic E-state index is 2.34. The van der Waals surface area contributed by atoms with E-state index in [0.717, 1.165) is 0 Å². The molecule has 23 heavy (non-hydrogen) atoms. The van der Waals surface area contributed by atoms with Gasteiger partial charge in [-0.25, -0.2) is 0 Å². The quantitative estimate of drug-likeness (QED) is 0.513. The first-order valence-electron chi connectivity index (χ1n) is 8.25. The molecule has 3 rings (SSSR count). The highest BCUT2D eigenvalue weighted by Crippen LogP contribution is 2.34. The topological polar surface area (TPSA) is 0 Å². The third kappa shape index (κ3) is 3.22. The van der Waals surface area contributed by atoms with Crippen molar-refractivity contribution in [3.8, 4) is 0 Å². The van der Waals surface area contributed by atoms with Crippen LogP contribution in [0.15, 0.2) is 66.7 Å². The highest BCUT2D eigenvalue weighted by molar-refractivity contribution is 5.48. The zero-order valence-corrected chi connectivity index (χ0v) is 14.4. The fraction of sp³-hybridized carbons (Fsp3) is 0.217. The molecule has 0 nitrogen and oxygen atoms in total. The van der Waals surface area contributed by atoms with Gasteiger partial charge in [0.2, 0.25) is 0 Å². The smallest absolute Gasteiger partial charge is 0.0342 e. The van der Waals surface area contributed by atoms with Crippen LogP contribution in [0.4, 0.5) is 0 Å². The largest absolute Gasteiger partial charge is 0.0622 e. The predicted octanol–water partition coefficient (Wildman–Crippen LogP) is 6.10. The van der Waals surface area contributed by atoms with E-state index in [1.165, 1.54) is 38.9 Å². The van der Waals surface area contributed by atoms with Gasteiger partial charge in [0.25, 0.3) is 0 Å². The number of hydrogen-bond acceptors (Lipinski definition) is 0. The van der Waals surface area contributed by atoms with Crippen LogP contribution in [0, 0.1) is 27.7 Å². The van der Waals surface area contributed by atoms with Crippen LogP contribution in [-0.4, -0.2) is 0 Å². The van der Waals surface area contributed by atoms with Crippen molar-refractivity contribution in [2.24, 2.45) is 0 Å². The lowest BCUT2D eigenvalue weighted by atomic mass is 9.82. The minimum atomic E-state index is 0.288. The molecule has 0 N–H and O–H groups in total. The van der Waals surface area contributed by atoms with E-state index in [9.17, 15) is 0 Å². The highest BCUT2D eigenvalue weighted by atomic mass is 14.2. The second-order valence-corrected chi connectivity index (χ2v) is 6.55. The molecular formula is C23H24. The predicted molar refractivity (Wildman–Crippen MR) is 99.2 cm³/mol. The van der Waals surface area contributed by atoms with Gasteiger partial charge in [-0.2, -0.15) is 0 Å². The van der Waals surface area contributed by atoms with Crippen LogP contribution in [0.25, 0.3) is 0 Å². The van der Waals surface area contributed by atoms with E-state index in [1.54, 1.807) is 0 Å². The lowest BCUT2D eigenvalue weighted by molar-refractivity contribution is 0.956. The Morgan fingerprint density at radius 3 is 1.96 bits per heavy atom. The average Bonchev–Trinajstić information content (AvgIpc) is 2.54. The van der Waals surface area contributed by atoms with Crippen LogP contribution >= 0.6 is 0 Å². The fourth-order valence-corrected chi connectivity index (χ4v) is 3.29. The van der Waals surface area contributed by atoms with Crippen molar-refractivity contribution in [2.75, 3.05) is 0 Å². The van der Waals surface area contributed by atoms with Crippen molar-refractivity contribution in [1.29, 1.82) is 0 Å². The SMILES string of the molecule is Cc1ccc(C(c2ccccc2)c2ccc(C)c(C)c2)c(C)c1. The van der Waals surface area contributed by atoms with Gasteiger partial charge in [-0.1, -0.05) is 72.3 Å². The van der Waals surface area contributed by atoms with E-state index in [4.69, 9.17) is 0 Å². The van der Waals surface area contributed by atoms with Gasteiger partial charge < -0.3 is 0 Å². The minimum Gasteiger partial charge on any atom is -0.0622 e. The summed E-state index contributed by atoms with van der Waals surface area (Å²) in [6.07, 6.45) is 0. The van der Waals surface area contributed by atoms with E-state index in [2.05, 4.69) is 94.4 Å². The summed E-state index contributed by atoms with van der Waals surface area (Å²) in [4.78, 5) is 0. The summed E-state index contributed by atoms with van der Waals surface area (Å²) in [6.45, 7) is 8.75. The Kier molecular flexibility index (Phi) is 4.34. The zero-order valence-electron chi connectivity index (χ0n) is 14.4. The van der Waals surface area contributed by atoms with Crippen molar-refractivity contribution >= 4 is 0 Å². The Morgan fingerprint density at radius 1 is 0.565 bits per heavy atom. The molecule has 0 bridgehead atoms. The van der Waals surface area contributed by atoms with E-state index < -0.39 is 0 Å². The van der Waals surface area contributed by atoms with Crippen molar-refractivity contribution in [3.63, 3.8) is 0 Å². The standard InChI is InChI=1S/C23H24/c1-16-10-13-22(19(4)14-16)23(20-8-6-5-7-9-20)21-12-11-17(2)18(3)15-21/h5-15,23H,1-4H3. The molecule has 0 saturated heterocycles. The van der Waals surface area contributed by atoms with Crippen molar-refractivity contribution < 1.29 is 0 Å². The molecule has 0 saturated carbocycles. The van der Waals surface area contributed by atoms with E-state index in [0.29, 0.717) is 0 Å². The number of rotatable bonds is 3. The first kappa shape index (κ1) is 15.6. The summed E-state index contributed by atoms with van der Waals surface area (Å²) in [7, 11) is 0. The minimum absolute atomic E-state index is 0.288. The third-order valence-electron chi connectivity index (χ3n) is 4.73. The summed E-state index contributed by atoms with van der Waals surface area (Å²) >= 11 is 0. The molecule has 0 spiro atoms. The lowest BCUT2D eigenvalue weighted by Gasteiger charge is -2.22. The molecule has 0 amide bonds. The van der Waals surface area contributed by atoms with Gasteiger partial charge in [0, 0.05) is 5.92 Å². The third-order valence-corrected chi connectivity index (χ3v) is 4.73.